The molecule has 0 atom stereocenters. The monoisotopic (exact) mass is 352 g/mol. The van der Waals surface area contributed by atoms with Crippen LogP contribution in [0.25, 0.3) is 0 Å². The zero-order valence-electron chi connectivity index (χ0n) is 13.6. The fourth-order valence-corrected chi connectivity index (χ4v) is 3.17. The van der Waals surface area contributed by atoms with Gasteiger partial charge in [0, 0.05) is 5.75 Å². The van der Waals surface area contributed by atoms with Gasteiger partial charge < -0.3 is 9.47 Å². The number of aryl methyl sites for hydroxylation is 1. The van der Waals surface area contributed by atoms with Crippen LogP contribution in [0.1, 0.15) is 16.7 Å². The van der Waals surface area contributed by atoms with E-state index in [1.807, 2.05) is 18.2 Å². The first-order chi connectivity index (χ1) is 12.3. The fourth-order valence-electron chi connectivity index (χ4n) is 2.35. The van der Waals surface area contributed by atoms with E-state index < -0.39 is 0 Å². The number of nitrogens with zero attached hydrogens (tertiary/aromatic N) is 4. The van der Waals surface area contributed by atoms with Crippen molar-refractivity contribution in [3.8, 4) is 11.5 Å². The number of rotatable bonds is 5. The maximum atomic E-state index is 5.38. The molecule has 0 fully saturated rings. The molecule has 4 rings (SSSR count). The van der Waals surface area contributed by atoms with Crippen LogP contribution in [0.4, 0.5) is 0 Å². The van der Waals surface area contributed by atoms with Crippen LogP contribution >= 0.6 is 11.8 Å². The summed E-state index contributed by atoms with van der Waals surface area (Å²) in [5.41, 5.74) is 3.42. The highest BCUT2D eigenvalue weighted by atomic mass is 32.2. The molecule has 0 spiro atoms. The first kappa shape index (κ1) is 15.7. The van der Waals surface area contributed by atoms with Crippen molar-refractivity contribution in [1.82, 2.24) is 14.9 Å². The minimum atomic E-state index is 0.265. The molecule has 0 saturated carbocycles. The van der Waals surface area contributed by atoms with Crippen molar-refractivity contribution in [2.75, 3.05) is 6.79 Å². The van der Waals surface area contributed by atoms with Gasteiger partial charge in [-0.2, -0.15) is 9.78 Å². The molecule has 2 heterocycles. The lowest BCUT2D eigenvalue weighted by Gasteiger charge is -2.02. The summed E-state index contributed by atoms with van der Waals surface area (Å²) in [5.74, 6) is 2.32. The normalized spacial score (nSPS) is 12.8. The summed E-state index contributed by atoms with van der Waals surface area (Å²) in [5, 5.41) is 13.3. The number of benzene rings is 2. The number of thioether (sulfide) groups is 1. The first-order valence-corrected chi connectivity index (χ1v) is 8.79. The van der Waals surface area contributed by atoms with Gasteiger partial charge in [-0.05, 0) is 36.2 Å². The van der Waals surface area contributed by atoms with Crippen LogP contribution in [0.5, 0.6) is 11.5 Å². The lowest BCUT2D eigenvalue weighted by atomic mass is 10.2. The van der Waals surface area contributed by atoms with Crippen molar-refractivity contribution in [2.45, 2.75) is 17.8 Å². The van der Waals surface area contributed by atoms with Gasteiger partial charge in [0.25, 0.3) is 0 Å². The Bertz CT molecular complexity index is 906. The van der Waals surface area contributed by atoms with Gasteiger partial charge in [-0.1, -0.05) is 41.6 Å². The van der Waals surface area contributed by atoms with Gasteiger partial charge >= 0.3 is 0 Å². The molecule has 0 aliphatic carbocycles. The molecule has 126 valence electrons. The molecule has 2 aromatic carbocycles. The Morgan fingerprint density at radius 3 is 2.88 bits per heavy atom. The second-order valence-electron chi connectivity index (χ2n) is 5.59. The van der Waals surface area contributed by atoms with E-state index in [0.717, 1.165) is 28.0 Å². The van der Waals surface area contributed by atoms with Gasteiger partial charge in [0.2, 0.25) is 11.9 Å². The minimum Gasteiger partial charge on any atom is -0.454 e. The second kappa shape index (κ2) is 6.98. The third-order valence-electron chi connectivity index (χ3n) is 3.72. The Hall–Kier alpha value is -2.80. The van der Waals surface area contributed by atoms with Crippen LogP contribution in [0.2, 0.25) is 0 Å². The lowest BCUT2D eigenvalue weighted by Crippen LogP contribution is -1.93. The topological polar surface area (TPSA) is 61.5 Å². The molecule has 7 heteroatoms. The average molecular weight is 352 g/mol. The summed E-state index contributed by atoms with van der Waals surface area (Å²) in [4.78, 5) is 0. The van der Waals surface area contributed by atoms with E-state index in [-0.39, 0.29) is 6.79 Å². The molecule has 0 amide bonds. The average Bonchev–Trinajstić information content (AvgIpc) is 3.28. The standard InChI is InChI=1S/C18H16N4O2S/c1-13-2-4-14(5-3-13)10-25-18-21-19-11-22(18)20-9-15-6-7-16-17(8-15)24-12-23-16/h2-9,11H,10,12H2,1H3/b20-9-. The molecule has 0 unspecified atom stereocenters. The summed E-state index contributed by atoms with van der Waals surface area (Å²) in [6.07, 6.45) is 3.35. The third-order valence-corrected chi connectivity index (χ3v) is 4.72. The first-order valence-electron chi connectivity index (χ1n) is 7.80. The Morgan fingerprint density at radius 2 is 2.00 bits per heavy atom. The summed E-state index contributed by atoms with van der Waals surface area (Å²) < 4.78 is 12.4. The second-order valence-corrected chi connectivity index (χ2v) is 6.53. The van der Waals surface area contributed by atoms with Crippen LogP contribution in [0, 0.1) is 6.92 Å². The predicted octanol–water partition coefficient (Wildman–Crippen LogP) is 3.49. The van der Waals surface area contributed by atoms with Crippen LogP contribution in [0.3, 0.4) is 0 Å². The highest BCUT2D eigenvalue weighted by molar-refractivity contribution is 7.98. The molecule has 6 nitrogen and oxygen atoms in total. The molecule has 0 saturated heterocycles. The Labute approximate surface area is 149 Å². The predicted molar refractivity (Wildman–Crippen MR) is 96.3 cm³/mol. The van der Waals surface area contributed by atoms with E-state index >= 15 is 0 Å². The molecule has 3 aromatic rings. The Balaban J connectivity index is 1.45. The van der Waals surface area contributed by atoms with Crippen LogP contribution in [0.15, 0.2) is 59.0 Å². The molecular formula is C18H16N4O2S. The van der Waals surface area contributed by atoms with Crippen molar-refractivity contribution >= 4 is 18.0 Å². The number of hydrogen-bond donors (Lipinski definition) is 0. The molecule has 1 aliphatic rings. The number of ether oxygens (including phenoxy) is 2. The SMILES string of the molecule is Cc1ccc(CSc2nncn2/N=C\c2ccc3c(c2)OCO3)cc1. The molecule has 0 N–H and O–H groups in total. The molecule has 1 aromatic heterocycles. The van der Waals surface area contributed by atoms with Gasteiger partial charge in [-0.15, -0.1) is 10.2 Å². The Morgan fingerprint density at radius 1 is 1.16 bits per heavy atom. The highest BCUT2D eigenvalue weighted by Gasteiger charge is 2.12. The van der Waals surface area contributed by atoms with Crippen molar-refractivity contribution in [3.63, 3.8) is 0 Å². The number of aromatic nitrogens is 3. The van der Waals surface area contributed by atoms with E-state index in [4.69, 9.17) is 9.47 Å². The maximum absolute atomic E-state index is 5.38. The van der Waals surface area contributed by atoms with Crippen molar-refractivity contribution in [1.29, 1.82) is 0 Å². The molecule has 0 bridgehead atoms. The maximum Gasteiger partial charge on any atom is 0.231 e. The summed E-state index contributed by atoms with van der Waals surface area (Å²) in [6, 6.07) is 14.2. The van der Waals surface area contributed by atoms with E-state index in [2.05, 4.69) is 46.5 Å². The van der Waals surface area contributed by atoms with Crippen LogP contribution in [-0.2, 0) is 5.75 Å². The van der Waals surface area contributed by atoms with Gasteiger partial charge in [0.15, 0.2) is 11.5 Å². The highest BCUT2D eigenvalue weighted by Crippen LogP contribution is 2.32. The van der Waals surface area contributed by atoms with Crippen molar-refractivity contribution < 1.29 is 9.47 Å². The van der Waals surface area contributed by atoms with Crippen molar-refractivity contribution in [3.05, 3.63) is 65.5 Å². The molecular weight excluding hydrogens is 336 g/mol. The van der Waals surface area contributed by atoms with Gasteiger partial charge in [-0.3, -0.25) is 0 Å². The van der Waals surface area contributed by atoms with Crippen LogP contribution in [-0.4, -0.2) is 27.9 Å². The van der Waals surface area contributed by atoms with Crippen molar-refractivity contribution in [2.24, 2.45) is 5.10 Å². The largest absolute Gasteiger partial charge is 0.454 e. The molecule has 25 heavy (non-hydrogen) atoms. The quantitative estimate of drug-likeness (QED) is 0.520. The van der Waals surface area contributed by atoms with Gasteiger partial charge in [0.05, 0.1) is 6.21 Å². The minimum absolute atomic E-state index is 0.265. The number of hydrogen-bond acceptors (Lipinski definition) is 6. The smallest absolute Gasteiger partial charge is 0.231 e. The van der Waals surface area contributed by atoms with Crippen LogP contribution < -0.4 is 9.47 Å². The van der Waals surface area contributed by atoms with E-state index in [0.29, 0.717) is 0 Å². The fraction of sp³-hybridized carbons (Fsp3) is 0.167. The van der Waals surface area contributed by atoms with Gasteiger partial charge in [0.1, 0.15) is 6.33 Å². The number of fused-ring (bicyclic) bond motifs is 1. The molecule has 1 aliphatic heterocycles. The Kier molecular flexibility index (Phi) is 4.39. The lowest BCUT2D eigenvalue weighted by molar-refractivity contribution is 0.174. The van der Waals surface area contributed by atoms with E-state index in [1.54, 1.807) is 29.0 Å². The third kappa shape index (κ3) is 3.66. The summed E-state index contributed by atoms with van der Waals surface area (Å²) in [6.45, 7) is 2.35. The molecule has 0 radical (unpaired) electrons. The van der Waals surface area contributed by atoms with E-state index in [1.165, 1.54) is 11.1 Å². The summed E-state index contributed by atoms with van der Waals surface area (Å²) >= 11 is 1.60. The zero-order chi connectivity index (χ0) is 17.1. The zero-order valence-corrected chi connectivity index (χ0v) is 14.4. The van der Waals surface area contributed by atoms with E-state index in [9.17, 15) is 0 Å². The van der Waals surface area contributed by atoms with Gasteiger partial charge in [-0.25, -0.2) is 0 Å². The summed E-state index contributed by atoms with van der Waals surface area (Å²) in [7, 11) is 0.